The predicted molar refractivity (Wildman–Crippen MR) is 583 cm³/mol. The number of anilines is 15. The summed E-state index contributed by atoms with van der Waals surface area (Å²) in [7, 11) is 0. The summed E-state index contributed by atoms with van der Waals surface area (Å²) >= 11 is 0. The van der Waals surface area contributed by atoms with Crippen LogP contribution in [0.1, 0.15) is 186 Å². The van der Waals surface area contributed by atoms with Crippen LogP contribution < -0.4 is 49.0 Å². The fraction of sp³-hybridized carbons (Fsp3) is 0.316. The lowest BCUT2D eigenvalue weighted by atomic mass is 10.1. The zero-order valence-corrected chi connectivity index (χ0v) is 79.3. The van der Waals surface area contributed by atoms with Crippen molar-refractivity contribution < 1.29 is 38.5 Å². The molecule has 0 amide bonds. The van der Waals surface area contributed by atoms with E-state index in [0.717, 1.165) is 178 Å². The lowest BCUT2D eigenvalue weighted by Gasteiger charge is -2.33. The van der Waals surface area contributed by atoms with Crippen molar-refractivity contribution >= 4 is 197 Å². The van der Waals surface area contributed by atoms with E-state index in [2.05, 4.69) is 140 Å². The van der Waals surface area contributed by atoms with E-state index in [9.17, 15) is 0 Å². The third-order valence-electron chi connectivity index (χ3n) is 26.4. The summed E-state index contributed by atoms with van der Waals surface area (Å²) in [6.07, 6.45) is 9.79. The Kier molecular flexibility index (Phi) is 22.5. The molecule has 0 N–H and O–H groups in total. The minimum atomic E-state index is -2.53. The van der Waals surface area contributed by atoms with Gasteiger partial charge in [0, 0.05) is 170 Å². The van der Waals surface area contributed by atoms with Crippen LogP contribution in [-0.4, -0.2) is 123 Å². The van der Waals surface area contributed by atoms with Gasteiger partial charge in [-0.1, -0.05) is 97.8 Å². The van der Waals surface area contributed by atoms with Crippen LogP contribution in [0.25, 0.3) is 110 Å². The van der Waals surface area contributed by atoms with E-state index in [0.29, 0.717) is 74.4 Å². The van der Waals surface area contributed by atoms with Crippen molar-refractivity contribution in [1.29, 1.82) is 0 Å². The number of hydrogen-bond donors (Lipinski definition) is 0. The average molecular weight is 1900 g/mol. The molecule has 6 atom stereocenters. The van der Waals surface area contributed by atoms with Gasteiger partial charge >= 0.3 is 0 Å². The molecule has 141 heavy (non-hydrogen) atoms. The molecule has 0 fully saturated rings. The standard InChI is InChI=1S/2C23H24N4O.C22H23N5O.C21H20N4O.C20H19N5O.5CH4/c2*1-13(2)26-16(5)27(19-7-6-12-24-22(19)26)20-14(3)8-10-17-18-11-9-15(4)25-23(18)28-21(17)20;1-12(2)26-15(5)27(21-20(26)23-10-11-24-21)18-13(3)6-8-16-17-9-7-14(4)25-22(17)28-19(16)18;1-12-7-9-15-16-10-8-13(2)23-21(16)26-19(15)18(12)25-14(3)24(4)20-17(25)6-5-11-22-20;1-11-5-7-14-15-8-6-12(2)23-20(15)26-17(14)16(11)25-13(3)24(4)18-19(25)22-10-9-21-18;;;;;/h2*6-13,16H,1-5H3;6-12,15H,1-5H3;5-11,14H,1-4H3;5-10,13H,1-4H3;5*1H4/i1D3,13D;13D;12D;2*4D3;;;;;. The van der Waals surface area contributed by atoms with Crippen molar-refractivity contribution in [2.24, 2.45) is 0 Å². The minimum Gasteiger partial charge on any atom is -0.435 e. The highest BCUT2D eigenvalue weighted by atomic mass is 16.4. The highest BCUT2D eigenvalue weighted by Crippen LogP contribution is 2.55. The summed E-state index contributed by atoms with van der Waals surface area (Å²) in [5.41, 5.74) is 23.1. The first-order chi connectivity index (χ1) is 70.1. The molecule has 0 saturated heterocycles. The summed E-state index contributed by atoms with van der Waals surface area (Å²) in [5, 5.41) is 9.70. The first-order valence-electron chi connectivity index (χ1n) is 51.5. The Morgan fingerprint density at radius 1 is 0.255 bits per heavy atom. The van der Waals surface area contributed by atoms with Crippen LogP contribution in [0, 0.1) is 69.2 Å². The van der Waals surface area contributed by atoms with Crippen LogP contribution in [0.4, 0.5) is 86.2 Å². The van der Waals surface area contributed by atoms with Gasteiger partial charge in [-0.15, -0.1) is 0 Å². The molecule has 0 radical (unpaired) electrons. The van der Waals surface area contributed by atoms with Crippen molar-refractivity contribution in [2.45, 2.75) is 231 Å². The highest BCUT2D eigenvalue weighted by Gasteiger charge is 2.44. The maximum absolute atomic E-state index is 8.78. The van der Waals surface area contributed by atoms with Gasteiger partial charge in [-0.05, 0) is 270 Å². The molecule has 726 valence electrons. The van der Waals surface area contributed by atoms with E-state index >= 15 is 0 Å². The van der Waals surface area contributed by atoms with E-state index in [-0.39, 0.29) is 49.5 Å². The number of hydrogen-bond acceptors (Lipinski definition) is 27. The van der Waals surface area contributed by atoms with Gasteiger partial charge in [0.1, 0.15) is 30.8 Å². The molecule has 15 aromatic heterocycles. The van der Waals surface area contributed by atoms with E-state index in [1.54, 1.807) is 42.1 Å². The van der Waals surface area contributed by atoms with Gasteiger partial charge < -0.3 is 61.3 Å². The van der Waals surface area contributed by atoms with Gasteiger partial charge in [-0.3, -0.25) is 9.80 Å². The zero-order valence-electron chi connectivity index (χ0n) is 91.3. The van der Waals surface area contributed by atoms with Gasteiger partial charge in [-0.25, -0.2) is 59.8 Å². The molecule has 5 aromatic carbocycles. The molecular formula is C114H130N22O5. The first-order valence-corrected chi connectivity index (χ1v) is 45.5. The Hall–Kier alpha value is -15.5. The predicted octanol–water partition coefficient (Wildman–Crippen LogP) is 28.9. The summed E-state index contributed by atoms with van der Waals surface area (Å²) in [6, 6.07) is 48.5. The van der Waals surface area contributed by atoms with Crippen LogP contribution in [0.5, 0.6) is 0 Å². The van der Waals surface area contributed by atoms with Crippen LogP contribution in [0.2, 0.25) is 0 Å². The second-order valence-electron chi connectivity index (χ2n) is 35.9. The number of benzene rings is 5. The number of furan rings is 5. The van der Waals surface area contributed by atoms with Gasteiger partial charge in [0.2, 0.25) is 28.6 Å². The van der Waals surface area contributed by atoms with Gasteiger partial charge in [0.25, 0.3) is 0 Å². The molecule has 5 aliphatic heterocycles. The Morgan fingerprint density at radius 3 is 0.809 bits per heavy atom. The van der Waals surface area contributed by atoms with Crippen LogP contribution >= 0.6 is 0 Å². The van der Waals surface area contributed by atoms with E-state index < -0.39 is 57.4 Å². The van der Waals surface area contributed by atoms with Crippen molar-refractivity contribution in [3.05, 3.63) is 257 Å². The largest absolute Gasteiger partial charge is 0.435 e. The molecule has 0 saturated carbocycles. The summed E-state index contributed by atoms with van der Waals surface area (Å²) in [5.74, 6) is 4.01. The number of rotatable bonds is 8. The second kappa shape index (κ2) is 38.0. The van der Waals surface area contributed by atoms with Crippen molar-refractivity contribution in [3.63, 3.8) is 0 Å². The highest BCUT2D eigenvalue weighted by molar-refractivity contribution is 6.15. The molecule has 0 spiro atoms. The van der Waals surface area contributed by atoms with E-state index in [4.69, 9.17) is 38.5 Å². The number of aromatic nitrogens is 12. The minimum absolute atomic E-state index is 0. The van der Waals surface area contributed by atoms with Crippen LogP contribution in [0.15, 0.2) is 223 Å². The smallest absolute Gasteiger partial charge is 0.227 e. The van der Waals surface area contributed by atoms with Gasteiger partial charge in [0.05, 0.1) is 49.6 Å². The first kappa shape index (κ1) is 83.6. The number of aryl methyl sites for hydroxylation is 10. The van der Waals surface area contributed by atoms with Crippen LogP contribution in [0.3, 0.4) is 0 Å². The molecule has 0 aliphatic carbocycles. The molecule has 5 aliphatic rings. The van der Waals surface area contributed by atoms with E-state index in [1.165, 1.54) is 22.9 Å². The molecule has 27 heteroatoms. The summed E-state index contributed by atoms with van der Waals surface area (Å²) in [6.45, 7) is 31.4. The zero-order chi connectivity index (χ0) is 105. The number of fused-ring (bicyclic) bond motifs is 20. The number of pyridine rings is 8. The average Bonchev–Trinajstić information content (AvgIpc) is 1.55. The Labute approximate surface area is 842 Å². The summed E-state index contributed by atoms with van der Waals surface area (Å²) in [4.78, 5) is 72.8. The summed E-state index contributed by atoms with van der Waals surface area (Å²) < 4.78 is 129. The Morgan fingerprint density at radius 2 is 0.489 bits per heavy atom. The quantitative estimate of drug-likeness (QED) is 0.137. The molecule has 0 bridgehead atoms. The second-order valence-corrected chi connectivity index (χ2v) is 35.9. The lowest BCUT2D eigenvalue weighted by molar-refractivity contribution is 0.597. The van der Waals surface area contributed by atoms with Crippen molar-refractivity contribution in [3.8, 4) is 0 Å². The Balaban J connectivity index is 0.000000135. The normalized spacial score (nSPS) is 18.1. The van der Waals surface area contributed by atoms with Crippen molar-refractivity contribution in [1.82, 2.24) is 59.8 Å². The topological polar surface area (TPSA) is 253 Å². The Bertz CT molecular complexity index is 7940. The van der Waals surface area contributed by atoms with E-state index in [1.807, 2.05) is 244 Å². The monoisotopic (exact) mass is 1900 g/mol. The molecular weight excluding hydrogens is 1760 g/mol. The van der Waals surface area contributed by atoms with Gasteiger partial charge in [0.15, 0.2) is 68.6 Å². The fourth-order valence-electron chi connectivity index (χ4n) is 20.1. The number of nitrogens with zero attached hydrogens (tertiary/aromatic N) is 22. The molecule has 25 rings (SSSR count). The molecule has 6 unspecified atom stereocenters. The SMILES string of the molecule is C.C.C.C.C.[2H]C(C)(C)N1c2ncccc2N(c2c(C)ccc3c2oc2nc(C)ccc23)C1C.[2H]C(C)(C)N1c2nccnc2N(c2c(C)ccc3c2oc2nc(C)ccc23)C1C.[2H]C([2H])([2H])C([2H])(C)N1c2ncccc2N(c2c(C)ccc3c2oc2nc(C)ccc23)C1C.[2H]C([2H])([2H])N1c2ncccc2N(c2c(C)ccc3c2oc2nc(C)ccc23)C1C.[2H]C([2H])([2H])N1c2nccnc2N(c2c(C)ccc3c2oc2nc(C)ccc23)C1C. The lowest BCUT2D eigenvalue weighted by Crippen LogP contribution is -2.42. The third-order valence-corrected chi connectivity index (χ3v) is 26.4. The molecule has 20 aromatic rings. The third kappa shape index (κ3) is 16.0. The van der Waals surface area contributed by atoms with Crippen molar-refractivity contribution in [2.75, 3.05) is 63.0 Å². The molecule has 27 nitrogen and oxygen atoms in total. The van der Waals surface area contributed by atoms with Gasteiger partial charge in [-0.2, -0.15) is 0 Å². The maximum Gasteiger partial charge on any atom is 0.227 e. The fourth-order valence-corrected chi connectivity index (χ4v) is 20.1. The maximum atomic E-state index is 8.78. The molecule has 20 heterocycles. The van der Waals surface area contributed by atoms with Crippen LogP contribution in [-0.2, 0) is 0 Å².